The number of nitrogens with one attached hydrogen (secondary N) is 1. The minimum absolute atomic E-state index is 0.0742. The van der Waals surface area contributed by atoms with E-state index in [2.05, 4.69) is 30.1 Å². The molecule has 0 atom stereocenters. The van der Waals surface area contributed by atoms with Crippen LogP contribution in [0.15, 0.2) is 18.2 Å². The van der Waals surface area contributed by atoms with E-state index in [-0.39, 0.29) is 5.82 Å². The van der Waals surface area contributed by atoms with Crippen LogP contribution in [0.5, 0.6) is 0 Å². The Kier molecular flexibility index (Phi) is 5.84. The van der Waals surface area contributed by atoms with E-state index in [4.69, 9.17) is 0 Å². The van der Waals surface area contributed by atoms with Gasteiger partial charge in [0.2, 0.25) is 0 Å². The van der Waals surface area contributed by atoms with Gasteiger partial charge in [0, 0.05) is 19.6 Å². The molecule has 1 aliphatic carbocycles. The van der Waals surface area contributed by atoms with Gasteiger partial charge in [0.25, 0.3) is 0 Å². The summed E-state index contributed by atoms with van der Waals surface area (Å²) in [5.41, 5.74) is 1.81. The highest BCUT2D eigenvalue weighted by molar-refractivity contribution is 5.49. The predicted octanol–water partition coefficient (Wildman–Crippen LogP) is 3.95. The fraction of sp³-hybridized carbons (Fsp3) is 0.647. The fourth-order valence-corrected chi connectivity index (χ4v) is 2.52. The number of hydrogen-bond donors (Lipinski definition) is 1. The third-order valence-corrected chi connectivity index (χ3v) is 3.78. The summed E-state index contributed by atoms with van der Waals surface area (Å²) in [5, 5.41) is 3.31. The van der Waals surface area contributed by atoms with E-state index in [1.54, 1.807) is 6.07 Å². The third kappa shape index (κ3) is 4.48. The summed E-state index contributed by atoms with van der Waals surface area (Å²) in [7, 11) is 0. The Bertz CT molecular complexity index is 415. The van der Waals surface area contributed by atoms with E-state index in [1.807, 2.05) is 6.07 Å². The van der Waals surface area contributed by atoms with Crippen molar-refractivity contribution in [3.05, 3.63) is 29.6 Å². The van der Waals surface area contributed by atoms with Crippen LogP contribution in [0.4, 0.5) is 10.1 Å². The molecular weight excluding hydrogens is 251 g/mol. The Labute approximate surface area is 122 Å². The van der Waals surface area contributed by atoms with E-state index in [9.17, 15) is 4.39 Å². The summed E-state index contributed by atoms with van der Waals surface area (Å²) in [5.74, 6) is 0.710. The van der Waals surface area contributed by atoms with Crippen LogP contribution in [-0.2, 0) is 6.54 Å². The van der Waals surface area contributed by atoms with Crippen molar-refractivity contribution in [2.75, 3.05) is 24.5 Å². The number of hydrogen-bond acceptors (Lipinski definition) is 2. The van der Waals surface area contributed by atoms with E-state index in [1.165, 1.54) is 12.8 Å². The molecule has 3 heteroatoms. The fourth-order valence-electron chi connectivity index (χ4n) is 2.52. The number of rotatable bonds is 9. The lowest BCUT2D eigenvalue weighted by atomic mass is 10.1. The van der Waals surface area contributed by atoms with Gasteiger partial charge in [-0.3, -0.25) is 0 Å². The first kappa shape index (κ1) is 15.3. The van der Waals surface area contributed by atoms with Crippen LogP contribution in [0.3, 0.4) is 0 Å². The second-order valence-corrected chi connectivity index (χ2v) is 5.85. The number of halogens is 1. The molecule has 0 unspecified atom stereocenters. The lowest BCUT2D eigenvalue weighted by molar-refractivity contribution is 0.602. The van der Waals surface area contributed by atoms with Gasteiger partial charge in [0.15, 0.2) is 0 Å². The van der Waals surface area contributed by atoms with Crippen LogP contribution in [-0.4, -0.2) is 19.6 Å². The van der Waals surface area contributed by atoms with Gasteiger partial charge in [0.05, 0.1) is 5.69 Å². The molecule has 2 nitrogen and oxygen atoms in total. The summed E-state index contributed by atoms with van der Waals surface area (Å²) in [6.07, 6.45) is 4.78. The standard InChI is InChI=1S/C17H27FN2/c1-3-9-19-12-15-7-8-17(16(18)11-15)20(10-4-2)13-14-5-6-14/h7-8,11,14,19H,3-6,9-10,12-13H2,1-2H3. The molecule has 0 aliphatic heterocycles. The summed E-state index contributed by atoms with van der Waals surface area (Å²) in [6, 6.07) is 5.69. The van der Waals surface area contributed by atoms with Crippen LogP contribution in [0.2, 0.25) is 0 Å². The lowest BCUT2D eigenvalue weighted by Crippen LogP contribution is -2.27. The predicted molar refractivity (Wildman–Crippen MR) is 83.6 cm³/mol. The van der Waals surface area contributed by atoms with E-state index in [0.29, 0.717) is 0 Å². The van der Waals surface area contributed by atoms with Crippen molar-refractivity contribution in [1.82, 2.24) is 5.32 Å². The van der Waals surface area contributed by atoms with Crippen molar-refractivity contribution in [3.8, 4) is 0 Å². The maximum Gasteiger partial charge on any atom is 0.146 e. The van der Waals surface area contributed by atoms with Crippen LogP contribution in [0.25, 0.3) is 0 Å². The molecule has 1 saturated carbocycles. The Balaban J connectivity index is 2.01. The molecule has 0 radical (unpaired) electrons. The maximum absolute atomic E-state index is 14.3. The molecule has 20 heavy (non-hydrogen) atoms. The van der Waals surface area contributed by atoms with Gasteiger partial charge in [-0.1, -0.05) is 19.9 Å². The van der Waals surface area contributed by atoms with Crippen molar-refractivity contribution in [2.24, 2.45) is 5.92 Å². The minimum atomic E-state index is -0.0742. The van der Waals surface area contributed by atoms with E-state index >= 15 is 0 Å². The van der Waals surface area contributed by atoms with Crippen molar-refractivity contribution in [1.29, 1.82) is 0 Å². The molecule has 2 rings (SSSR count). The van der Waals surface area contributed by atoms with Gasteiger partial charge in [0.1, 0.15) is 5.82 Å². The lowest BCUT2D eigenvalue weighted by Gasteiger charge is -2.25. The molecule has 0 bridgehead atoms. The summed E-state index contributed by atoms with van der Waals surface area (Å²) in [4.78, 5) is 2.22. The van der Waals surface area contributed by atoms with Crippen molar-refractivity contribution in [3.63, 3.8) is 0 Å². The van der Waals surface area contributed by atoms with Crippen LogP contribution < -0.4 is 10.2 Å². The van der Waals surface area contributed by atoms with Gasteiger partial charge >= 0.3 is 0 Å². The SMILES string of the molecule is CCCNCc1ccc(N(CCC)CC2CC2)c(F)c1. The Morgan fingerprint density at radius 1 is 1.25 bits per heavy atom. The molecule has 1 aromatic rings. The van der Waals surface area contributed by atoms with Gasteiger partial charge in [-0.25, -0.2) is 4.39 Å². The molecule has 0 saturated heterocycles. The molecular formula is C17H27FN2. The average molecular weight is 278 g/mol. The topological polar surface area (TPSA) is 15.3 Å². The van der Waals surface area contributed by atoms with Crippen LogP contribution in [0, 0.1) is 11.7 Å². The van der Waals surface area contributed by atoms with Gasteiger partial charge < -0.3 is 10.2 Å². The highest BCUT2D eigenvalue weighted by Crippen LogP contribution is 2.32. The highest BCUT2D eigenvalue weighted by atomic mass is 19.1. The molecule has 0 amide bonds. The average Bonchev–Trinajstić information content (AvgIpc) is 3.23. The van der Waals surface area contributed by atoms with Crippen molar-refractivity contribution in [2.45, 2.75) is 46.1 Å². The quantitative estimate of drug-likeness (QED) is 0.688. The first-order valence-electron chi connectivity index (χ1n) is 7.98. The van der Waals surface area contributed by atoms with E-state index < -0.39 is 0 Å². The zero-order valence-electron chi connectivity index (χ0n) is 12.8. The Morgan fingerprint density at radius 3 is 2.65 bits per heavy atom. The molecule has 0 aromatic heterocycles. The Hall–Kier alpha value is -1.09. The number of benzene rings is 1. The van der Waals surface area contributed by atoms with Gasteiger partial charge in [-0.05, 0) is 55.8 Å². The van der Waals surface area contributed by atoms with Crippen molar-refractivity contribution >= 4 is 5.69 Å². The number of nitrogens with zero attached hydrogens (tertiary/aromatic N) is 1. The zero-order chi connectivity index (χ0) is 14.4. The monoisotopic (exact) mass is 278 g/mol. The summed E-state index contributed by atoms with van der Waals surface area (Å²) < 4.78 is 14.3. The molecule has 1 aromatic carbocycles. The first-order valence-corrected chi connectivity index (χ1v) is 7.98. The molecule has 112 valence electrons. The Morgan fingerprint density at radius 2 is 2.05 bits per heavy atom. The summed E-state index contributed by atoms with van der Waals surface area (Å²) >= 11 is 0. The minimum Gasteiger partial charge on any atom is -0.369 e. The number of anilines is 1. The molecule has 1 fully saturated rings. The van der Waals surface area contributed by atoms with Crippen molar-refractivity contribution < 1.29 is 4.39 Å². The van der Waals surface area contributed by atoms with Gasteiger partial charge in [-0.15, -0.1) is 0 Å². The van der Waals surface area contributed by atoms with Crippen LogP contribution >= 0.6 is 0 Å². The third-order valence-electron chi connectivity index (χ3n) is 3.78. The molecule has 0 spiro atoms. The second kappa shape index (κ2) is 7.63. The summed E-state index contributed by atoms with van der Waals surface area (Å²) in [6.45, 7) is 7.98. The van der Waals surface area contributed by atoms with Gasteiger partial charge in [-0.2, -0.15) is 0 Å². The second-order valence-electron chi connectivity index (χ2n) is 5.85. The molecule has 0 heterocycles. The maximum atomic E-state index is 14.3. The smallest absolute Gasteiger partial charge is 0.146 e. The first-order chi connectivity index (χ1) is 9.74. The van der Waals surface area contributed by atoms with E-state index in [0.717, 1.165) is 56.2 Å². The normalized spacial score (nSPS) is 14.6. The largest absolute Gasteiger partial charge is 0.369 e. The molecule has 1 N–H and O–H groups in total. The van der Waals surface area contributed by atoms with Crippen LogP contribution in [0.1, 0.15) is 45.1 Å². The highest BCUT2D eigenvalue weighted by Gasteiger charge is 2.25. The molecule has 1 aliphatic rings. The zero-order valence-corrected chi connectivity index (χ0v) is 12.8.